The Morgan fingerprint density at radius 2 is 1.94 bits per heavy atom. The summed E-state index contributed by atoms with van der Waals surface area (Å²) in [5, 5.41) is 29.9. The van der Waals surface area contributed by atoms with Crippen LogP contribution in [0.1, 0.15) is 17.4 Å². The van der Waals surface area contributed by atoms with Crippen molar-refractivity contribution in [3.05, 3.63) is 16.4 Å². The number of aliphatic hydroxyl groups is 3. The molecule has 1 aromatic rings. The number of aliphatic hydroxyl groups excluding tert-OH is 3. The van der Waals surface area contributed by atoms with Crippen LogP contribution in [0.25, 0.3) is 0 Å². The third-order valence-electron chi connectivity index (χ3n) is 2.13. The molecule has 0 spiro atoms. The zero-order valence-electron chi connectivity index (χ0n) is 8.61. The van der Waals surface area contributed by atoms with Crippen LogP contribution in [0.5, 0.6) is 0 Å². The Kier molecular flexibility index (Phi) is 4.03. The third-order valence-corrected chi connectivity index (χ3v) is 2.58. The maximum atomic E-state index is 12.6. The summed E-state index contributed by atoms with van der Waals surface area (Å²) in [7, 11) is 1.17. The molecule has 1 aromatic heterocycles. The number of nitrogens with zero attached hydrogens (tertiary/aromatic N) is 2. The van der Waals surface area contributed by atoms with E-state index >= 15 is 0 Å². The predicted molar refractivity (Wildman–Crippen MR) is 51.3 cm³/mol. The maximum absolute atomic E-state index is 12.6. The summed E-state index contributed by atoms with van der Waals surface area (Å²) < 4.78 is 38.5. The molecular weight excluding hydrogens is 265 g/mol. The van der Waals surface area contributed by atoms with Gasteiger partial charge in [0.2, 0.25) is 0 Å². The van der Waals surface area contributed by atoms with Gasteiger partial charge in [0.25, 0.3) is 0 Å². The van der Waals surface area contributed by atoms with E-state index in [9.17, 15) is 18.3 Å². The SMILES string of the molecule is Cn1nc(C(F)(F)F)c(C(O)C(O)CO)c1Cl. The second kappa shape index (κ2) is 4.81. The van der Waals surface area contributed by atoms with Gasteiger partial charge in [0, 0.05) is 7.05 Å². The second-order valence-electron chi connectivity index (χ2n) is 3.37. The minimum atomic E-state index is -4.81. The zero-order chi connectivity index (χ0) is 13.4. The van der Waals surface area contributed by atoms with Crippen molar-refractivity contribution in [1.29, 1.82) is 0 Å². The van der Waals surface area contributed by atoms with Crippen LogP contribution in [0.2, 0.25) is 5.15 Å². The molecule has 2 atom stereocenters. The fourth-order valence-electron chi connectivity index (χ4n) is 1.28. The van der Waals surface area contributed by atoms with E-state index < -0.39 is 41.4 Å². The van der Waals surface area contributed by atoms with Crippen LogP contribution >= 0.6 is 11.6 Å². The fraction of sp³-hybridized carbons (Fsp3) is 0.625. The molecule has 1 heterocycles. The van der Waals surface area contributed by atoms with Gasteiger partial charge < -0.3 is 15.3 Å². The molecule has 1 rings (SSSR count). The topological polar surface area (TPSA) is 78.5 Å². The van der Waals surface area contributed by atoms with Gasteiger partial charge in [-0.15, -0.1) is 0 Å². The summed E-state index contributed by atoms with van der Waals surface area (Å²) in [6, 6.07) is 0. The quantitative estimate of drug-likeness (QED) is 0.749. The van der Waals surface area contributed by atoms with Crippen molar-refractivity contribution in [2.24, 2.45) is 7.05 Å². The molecule has 0 fully saturated rings. The molecule has 0 bridgehead atoms. The zero-order valence-corrected chi connectivity index (χ0v) is 9.37. The van der Waals surface area contributed by atoms with Crippen molar-refractivity contribution < 1.29 is 28.5 Å². The van der Waals surface area contributed by atoms with Crippen LogP contribution < -0.4 is 0 Å². The predicted octanol–water partition coefficient (Wildman–Crippen LogP) is 0.479. The van der Waals surface area contributed by atoms with E-state index in [1.165, 1.54) is 7.05 Å². The molecule has 17 heavy (non-hydrogen) atoms. The molecule has 0 aliphatic rings. The van der Waals surface area contributed by atoms with E-state index in [0.29, 0.717) is 0 Å². The lowest BCUT2D eigenvalue weighted by molar-refractivity contribution is -0.143. The van der Waals surface area contributed by atoms with Crippen LogP contribution in [-0.2, 0) is 13.2 Å². The highest BCUT2D eigenvalue weighted by atomic mass is 35.5. The third kappa shape index (κ3) is 2.71. The standard InChI is InChI=1S/C8H10ClF3N2O3/c1-14-7(9)4(5(17)3(16)2-15)6(13-14)8(10,11)12/h3,5,15-17H,2H2,1H3. The Hall–Kier alpha value is -0.830. The van der Waals surface area contributed by atoms with Crippen molar-refractivity contribution in [2.45, 2.75) is 18.4 Å². The first-order chi connectivity index (χ1) is 7.70. The van der Waals surface area contributed by atoms with Crippen LogP contribution in [-0.4, -0.2) is 37.8 Å². The van der Waals surface area contributed by atoms with E-state index in [1.807, 2.05) is 0 Å². The maximum Gasteiger partial charge on any atom is 0.435 e. The van der Waals surface area contributed by atoms with Crippen molar-refractivity contribution in [3.63, 3.8) is 0 Å². The molecule has 0 aliphatic carbocycles. The van der Waals surface area contributed by atoms with E-state index in [2.05, 4.69) is 5.10 Å². The molecule has 0 amide bonds. The smallest absolute Gasteiger partial charge is 0.394 e. The lowest BCUT2D eigenvalue weighted by atomic mass is 10.1. The Balaban J connectivity index is 3.31. The van der Waals surface area contributed by atoms with E-state index in [-0.39, 0.29) is 0 Å². The molecule has 0 saturated carbocycles. The van der Waals surface area contributed by atoms with Gasteiger partial charge in [-0.25, -0.2) is 0 Å². The number of halogens is 4. The number of hydrogen-bond donors (Lipinski definition) is 3. The molecular formula is C8H10ClF3N2O3. The van der Waals surface area contributed by atoms with Crippen LogP contribution in [0.3, 0.4) is 0 Å². The molecule has 98 valence electrons. The lowest BCUT2D eigenvalue weighted by Crippen LogP contribution is -2.24. The summed E-state index contributed by atoms with van der Waals surface area (Å²) in [5.74, 6) is 0. The van der Waals surface area contributed by atoms with Gasteiger partial charge in [-0.2, -0.15) is 18.3 Å². The number of aryl methyl sites for hydroxylation is 1. The molecule has 2 unspecified atom stereocenters. The van der Waals surface area contributed by atoms with Crippen LogP contribution in [0.15, 0.2) is 0 Å². The molecule has 0 aromatic carbocycles. The van der Waals surface area contributed by atoms with E-state index in [4.69, 9.17) is 21.8 Å². The summed E-state index contributed by atoms with van der Waals surface area (Å²) in [4.78, 5) is 0. The highest BCUT2D eigenvalue weighted by molar-refractivity contribution is 6.30. The lowest BCUT2D eigenvalue weighted by Gasteiger charge is -2.16. The van der Waals surface area contributed by atoms with Gasteiger partial charge in [0.15, 0.2) is 5.69 Å². The Labute approximate surface area is 99.0 Å². The van der Waals surface area contributed by atoms with Crippen molar-refractivity contribution in [1.82, 2.24) is 9.78 Å². The minimum Gasteiger partial charge on any atom is -0.394 e. The van der Waals surface area contributed by atoms with E-state index in [1.54, 1.807) is 0 Å². The van der Waals surface area contributed by atoms with Crippen LogP contribution in [0, 0.1) is 0 Å². The van der Waals surface area contributed by atoms with E-state index in [0.717, 1.165) is 4.68 Å². The van der Waals surface area contributed by atoms with Gasteiger partial charge in [-0.05, 0) is 0 Å². The summed E-state index contributed by atoms with van der Waals surface area (Å²) >= 11 is 5.56. The molecule has 5 nitrogen and oxygen atoms in total. The Morgan fingerprint density at radius 1 is 1.41 bits per heavy atom. The number of rotatable bonds is 3. The van der Waals surface area contributed by atoms with Gasteiger partial charge in [0.05, 0.1) is 12.2 Å². The first kappa shape index (κ1) is 14.2. The molecule has 3 N–H and O–H groups in total. The largest absolute Gasteiger partial charge is 0.435 e. The normalized spacial score (nSPS) is 16.0. The number of hydrogen-bond acceptors (Lipinski definition) is 4. The molecule has 0 radical (unpaired) electrons. The molecule has 9 heteroatoms. The second-order valence-corrected chi connectivity index (χ2v) is 3.73. The fourth-order valence-corrected chi connectivity index (χ4v) is 1.52. The van der Waals surface area contributed by atoms with Gasteiger partial charge >= 0.3 is 6.18 Å². The highest BCUT2D eigenvalue weighted by Crippen LogP contribution is 2.38. The van der Waals surface area contributed by atoms with Crippen molar-refractivity contribution >= 4 is 11.6 Å². The Bertz CT molecular complexity index is 407. The minimum absolute atomic E-state index is 0.447. The van der Waals surface area contributed by atoms with Gasteiger partial charge in [0.1, 0.15) is 17.4 Å². The monoisotopic (exact) mass is 274 g/mol. The van der Waals surface area contributed by atoms with Gasteiger partial charge in [-0.1, -0.05) is 11.6 Å². The van der Waals surface area contributed by atoms with Crippen molar-refractivity contribution in [3.8, 4) is 0 Å². The first-order valence-corrected chi connectivity index (χ1v) is 4.84. The highest BCUT2D eigenvalue weighted by Gasteiger charge is 2.41. The summed E-state index contributed by atoms with van der Waals surface area (Å²) in [6.07, 6.45) is -8.54. The van der Waals surface area contributed by atoms with Gasteiger partial charge in [-0.3, -0.25) is 4.68 Å². The molecule has 0 aliphatic heterocycles. The molecule has 0 saturated heterocycles. The summed E-state index contributed by atoms with van der Waals surface area (Å²) in [5.41, 5.74) is -2.13. The number of aromatic nitrogens is 2. The number of alkyl halides is 3. The Morgan fingerprint density at radius 3 is 2.35 bits per heavy atom. The first-order valence-electron chi connectivity index (χ1n) is 4.46. The van der Waals surface area contributed by atoms with Crippen molar-refractivity contribution in [2.75, 3.05) is 6.61 Å². The summed E-state index contributed by atoms with van der Waals surface area (Å²) in [6.45, 7) is -0.899. The average molecular weight is 275 g/mol. The average Bonchev–Trinajstić information content (AvgIpc) is 2.53. The van der Waals surface area contributed by atoms with Crippen LogP contribution in [0.4, 0.5) is 13.2 Å².